The molecule has 0 saturated heterocycles. The third-order valence-electron chi connectivity index (χ3n) is 4.43. The summed E-state index contributed by atoms with van der Waals surface area (Å²) in [5.74, 6) is 0.448. The lowest BCUT2D eigenvalue weighted by Gasteiger charge is -2.16. The van der Waals surface area contributed by atoms with Gasteiger partial charge in [-0.3, -0.25) is 14.8 Å². The smallest absolute Gasteiger partial charge is 0.254 e. The van der Waals surface area contributed by atoms with Gasteiger partial charge in [-0.15, -0.1) is 11.8 Å². The molecule has 0 radical (unpaired) electrons. The van der Waals surface area contributed by atoms with Gasteiger partial charge < -0.3 is 5.32 Å². The van der Waals surface area contributed by atoms with Gasteiger partial charge in [0.25, 0.3) is 5.91 Å². The van der Waals surface area contributed by atoms with Crippen LogP contribution in [0, 0.1) is 5.82 Å². The number of fused-ring (bicyclic) bond motifs is 1. The first-order chi connectivity index (χ1) is 13.2. The van der Waals surface area contributed by atoms with Gasteiger partial charge in [-0.25, -0.2) is 9.07 Å². The number of rotatable bonds is 5. The lowest BCUT2D eigenvalue weighted by molar-refractivity contribution is 0.0948. The van der Waals surface area contributed by atoms with Gasteiger partial charge in [0.05, 0.1) is 40.2 Å². The summed E-state index contributed by atoms with van der Waals surface area (Å²) in [5.41, 5.74) is 1.85. The fourth-order valence-electron chi connectivity index (χ4n) is 3.05. The molecule has 3 aromatic rings. The number of carbonyl (C=O) groups is 1. The van der Waals surface area contributed by atoms with Crippen LogP contribution < -0.4 is 5.32 Å². The first kappa shape index (κ1) is 17.7. The second-order valence-electron chi connectivity index (χ2n) is 6.16. The van der Waals surface area contributed by atoms with Crippen LogP contribution in [0.3, 0.4) is 0 Å². The van der Waals surface area contributed by atoms with Crippen molar-refractivity contribution in [2.45, 2.75) is 19.4 Å². The Morgan fingerprint density at radius 2 is 2.11 bits per heavy atom. The first-order valence-corrected chi connectivity index (χ1v) is 9.71. The molecule has 0 bridgehead atoms. The highest BCUT2D eigenvalue weighted by Gasteiger charge is 2.22. The molecule has 1 amide bonds. The molecule has 3 heterocycles. The molecule has 4 rings (SSSR count). The van der Waals surface area contributed by atoms with Crippen LogP contribution in [0.5, 0.6) is 0 Å². The number of hydrogen-bond acceptors (Lipinski definition) is 5. The summed E-state index contributed by atoms with van der Waals surface area (Å²) in [5, 5.41) is 9.09. The van der Waals surface area contributed by atoms with Crippen molar-refractivity contribution in [3.8, 4) is 5.69 Å². The van der Waals surface area contributed by atoms with Crippen molar-refractivity contribution in [1.82, 2.24) is 20.1 Å². The van der Waals surface area contributed by atoms with E-state index >= 15 is 0 Å². The van der Waals surface area contributed by atoms with E-state index in [1.54, 1.807) is 47.2 Å². The van der Waals surface area contributed by atoms with Crippen LogP contribution >= 0.6 is 11.8 Å². The van der Waals surface area contributed by atoms with Crippen LogP contribution in [0.15, 0.2) is 47.8 Å². The Balaban J connectivity index is 1.66. The summed E-state index contributed by atoms with van der Waals surface area (Å²) in [6, 6.07) is 5.93. The Hall–Kier alpha value is -2.74. The number of halogens is 1. The fraction of sp³-hybridized carbons (Fsp3) is 0.263. The molecule has 0 unspecified atom stereocenters. The van der Waals surface area contributed by atoms with Crippen LogP contribution in [0.1, 0.15) is 23.7 Å². The van der Waals surface area contributed by atoms with Crippen molar-refractivity contribution in [3.63, 3.8) is 0 Å². The summed E-state index contributed by atoms with van der Waals surface area (Å²) in [7, 11) is 0. The second-order valence-corrected chi connectivity index (χ2v) is 7.27. The standard InChI is InChI=1S/C19H18FN5OS/c1-2-16(19-22-7-8-27-19)24-18(26)15-9-21-11-17-14(15)10-23-25(17)13-5-3-12(20)4-6-13/h3-6,9-11,16H,2,7-8H2,1H3,(H,24,26)/t16-/m1/s1. The molecule has 8 heteroatoms. The molecular formula is C19H18FN5OS. The number of thioether (sulfide) groups is 1. The van der Waals surface area contributed by atoms with E-state index in [9.17, 15) is 9.18 Å². The van der Waals surface area contributed by atoms with Crippen molar-refractivity contribution in [2.24, 2.45) is 4.99 Å². The molecule has 6 nitrogen and oxygen atoms in total. The molecule has 1 aromatic carbocycles. The number of benzene rings is 1. The normalized spacial score (nSPS) is 15.0. The first-order valence-electron chi connectivity index (χ1n) is 8.73. The maximum Gasteiger partial charge on any atom is 0.254 e. The largest absolute Gasteiger partial charge is 0.343 e. The highest BCUT2D eigenvalue weighted by Crippen LogP contribution is 2.22. The third kappa shape index (κ3) is 3.44. The number of pyridine rings is 1. The van der Waals surface area contributed by atoms with Gasteiger partial charge in [0, 0.05) is 23.9 Å². The SMILES string of the molecule is CC[C@@H](NC(=O)c1cncc2c1cnn2-c1ccc(F)cc1)C1=NCCS1. The fourth-order valence-corrected chi connectivity index (χ4v) is 4.05. The predicted molar refractivity (Wildman–Crippen MR) is 105 cm³/mol. The molecule has 138 valence electrons. The summed E-state index contributed by atoms with van der Waals surface area (Å²) in [4.78, 5) is 21.6. The molecular weight excluding hydrogens is 365 g/mol. The molecule has 0 spiro atoms. The number of aliphatic imine (C=N–C) groups is 1. The van der Waals surface area contributed by atoms with Gasteiger partial charge in [0.15, 0.2) is 0 Å². The maximum atomic E-state index is 13.2. The monoisotopic (exact) mass is 383 g/mol. The van der Waals surface area contributed by atoms with E-state index in [2.05, 4.69) is 20.4 Å². The Labute approximate surface area is 159 Å². The Morgan fingerprint density at radius 1 is 1.30 bits per heavy atom. The molecule has 0 fully saturated rings. The topological polar surface area (TPSA) is 72.2 Å². The van der Waals surface area contributed by atoms with Crippen molar-refractivity contribution in [2.75, 3.05) is 12.3 Å². The highest BCUT2D eigenvalue weighted by molar-refractivity contribution is 8.14. The van der Waals surface area contributed by atoms with Crippen LogP contribution in [0.2, 0.25) is 0 Å². The van der Waals surface area contributed by atoms with Crippen LogP contribution in [-0.2, 0) is 0 Å². The van der Waals surface area contributed by atoms with Gasteiger partial charge in [0.1, 0.15) is 5.82 Å². The van der Waals surface area contributed by atoms with Crippen LogP contribution in [0.4, 0.5) is 4.39 Å². The van der Waals surface area contributed by atoms with Crippen molar-refractivity contribution >= 4 is 33.6 Å². The van der Waals surface area contributed by atoms with Crippen LogP contribution in [0.25, 0.3) is 16.6 Å². The average Bonchev–Trinajstić information content (AvgIpc) is 3.36. The lowest BCUT2D eigenvalue weighted by atomic mass is 10.1. The van der Waals surface area contributed by atoms with E-state index in [4.69, 9.17) is 0 Å². The minimum Gasteiger partial charge on any atom is -0.343 e. The van der Waals surface area contributed by atoms with Gasteiger partial charge in [-0.1, -0.05) is 6.92 Å². The Bertz CT molecular complexity index is 1010. The molecule has 27 heavy (non-hydrogen) atoms. The van der Waals surface area contributed by atoms with Gasteiger partial charge in [-0.05, 0) is 30.7 Å². The second kappa shape index (κ2) is 7.48. The summed E-state index contributed by atoms with van der Waals surface area (Å²) in [6.07, 6.45) is 5.61. The van der Waals surface area contributed by atoms with Gasteiger partial charge in [0.2, 0.25) is 0 Å². The lowest BCUT2D eigenvalue weighted by Crippen LogP contribution is -2.38. The zero-order chi connectivity index (χ0) is 18.8. The molecule has 1 N–H and O–H groups in total. The number of aromatic nitrogens is 3. The molecule has 1 aliphatic rings. The molecule has 1 aliphatic heterocycles. The molecule has 0 saturated carbocycles. The minimum absolute atomic E-state index is 0.0904. The van der Waals surface area contributed by atoms with E-state index in [1.807, 2.05) is 6.92 Å². The number of amides is 1. The summed E-state index contributed by atoms with van der Waals surface area (Å²) >= 11 is 1.69. The minimum atomic E-state index is -0.313. The van der Waals surface area contributed by atoms with Crippen molar-refractivity contribution in [1.29, 1.82) is 0 Å². The third-order valence-corrected chi connectivity index (χ3v) is 5.53. The Morgan fingerprint density at radius 3 is 2.81 bits per heavy atom. The Kier molecular flexibility index (Phi) is 4.89. The maximum absolute atomic E-state index is 13.2. The van der Waals surface area contributed by atoms with E-state index in [1.165, 1.54) is 12.1 Å². The number of nitrogens with zero attached hydrogens (tertiary/aromatic N) is 4. The highest BCUT2D eigenvalue weighted by atomic mass is 32.2. The van der Waals surface area contributed by atoms with Crippen LogP contribution in [-0.4, -0.2) is 44.1 Å². The van der Waals surface area contributed by atoms with Crippen molar-refractivity contribution < 1.29 is 9.18 Å². The molecule has 1 atom stereocenters. The van der Waals surface area contributed by atoms with E-state index in [0.717, 1.165) is 23.8 Å². The van der Waals surface area contributed by atoms with Gasteiger partial charge >= 0.3 is 0 Å². The molecule has 2 aromatic heterocycles. The predicted octanol–water partition coefficient (Wildman–Crippen LogP) is 3.21. The quantitative estimate of drug-likeness (QED) is 0.734. The van der Waals surface area contributed by atoms with Gasteiger partial charge in [-0.2, -0.15) is 5.10 Å². The number of hydrogen-bond donors (Lipinski definition) is 1. The zero-order valence-corrected chi connectivity index (χ0v) is 15.5. The number of carbonyl (C=O) groups excluding carboxylic acids is 1. The summed E-state index contributed by atoms with van der Waals surface area (Å²) < 4.78 is 14.8. The van der Waals surface area contributed by atoms with E-state index in [-0.39, 0.29) is 17.8 Å². The molecule has 0 aliphatic carbocycles. The van der Waals surface area contributed by atoms with Crippen molar-refractivity contribution in [3.05, 3.63) is 54.2 Å². The number of nitrogens with one attached hydrogen (secondary N) is 1. The van der Waals surface area contributed by atoms with E-state index < -0.39 is 0 Å². The van der Waals surface area contributed by atoms with E-state index in [0.29, 0.717) is 22.2 Å². The zero-order valence-electron chi connectivity index (χ0n) is 14.7. The average molecular weight is 383 g/mol. The summed E-state index contributed by atoms with van der Waals surface area (Å²) in [6.45, 7) is 2.83.